The normalized spacial score (nSPS) is 14.3. The van der Waals surface area contributed by atoms with Gasteiger partial charge in [0, 0.05) is 13.2 Å². The highest BCUT2D eigenvalue weighted by atomic mass is 28.5. The number of hydrogen-bond acceptors (Lipinski definition) is 12. The Labute approximate surface area is 347 Å². The molecule has 0 atom stereocenters. The van der Waals surface area contributed by atoms with Crippen LogP contribution in [0.25, 0.3) is 0 Å². The lowest BCUT2D eigenvalue weighted by Gasteiger charge is -2.44. The van der Waals surface area contributed by atoms with Crippen molar-refractivity contribution in [3.05, 3.63) is 0 Å². The van der Waals surface area contributed by atoms with E-state index in [0.717, 1.165) is 24.9 Å². The van der Waals surface area contributed by atoms with Crippen LogP contribution in [0.2, 0.25) is 130 Å². The summed E-state index contributed by atoms with van der Waals surface area (Å²) in [5.41, 5.74) is 0. The maximum absolute atomic E-state index is 6.81. The Hall–Kier alpha value is 0.592. The van der Waals surface area contributed by atoms with E-state index in [4.69, 9.17) is 64.7 Å². The first-order chi connectivity index (χ1) is 24.8. The van der Waals surface area contributed by atoms with Crippen LogP contribution in [0.5, 0.6) is 0 Å². The molecular weight excluding hydrogens is 853 g/mol. The first-order valence-electron chi connectivity index (χ1n) is 19.6. The van der Waals surface area contributed by atoms with Gasteiger partial charge in [0.05, 0.1) is 26.4 Å². The van der Waals surface area contributed by atoms with Crippen LogP contribution in [0.1, 0.15) is 12.8 Å². The molecular formula is C34H80O12Si9. The van der Waals surface area contributed by atoms with Crippen molar-refractivity contribution in [2.75, 3.05) is 52.9 Å². The van der Waals surface area contributed by atoms with Crippen LogP contribution in [0.4, 0.5) is 0 Å². The zero-order chi connectivity index (χ0) is 42.9. The second-order valence-electron chi connectivity index (χ2n) is 18.1. The predicted octanol–water partition coefficient (Wildman–Crippen LogP) is 8.56. The maximum Gasteiger partial charge on any atom is 0.314 e. The minimum absolute atomic E-state index is 0.312. The maximum atomic E-state index is 6.81. The highest BCUT2D eigenvalue weighted by molar-refractivity contribution is 6.92. The Morgan fingerprint density at radius 3 is 0.764 bits per heavy atom. The molecule has 0 aliphatic rings. The molecule has 0 radical (unpaired) electrons. The average Bonchev–Trinajstić information content (AvgIpc) is 2.90. The molecule has 324 valence electrons. The third kappa shape index (κ3) is 30.3. The summed E-state index contributed by atoms with van der Waals surface area (Å²) in [5.74, 6) is 4.92. The molecule has 0 aliphatic carbocycles. The van der Waals surface area contributed by atoms with Crippen molar-refractivity contribution in [2.24, 2.45) is 0 Å². The number of hydrogen-bond donors (Lipinski definition) is 0. The highest BCUT2D eigenvalue weighted by Crippen LogP contribution is 2.31. The molecule has 0 N–H and O–H groups in total. The molecule has 0 amide bonds. The van der Waals surface area contributed by atoms with Gasteiger partial charge in [0.2, 0.25) is 0 Å². The lowest BCUT2D eigenvalue weighted by atomic mass is 10.5. The smallest absolute Gasteiger partial charge is 0.314 e. The first-order valence-corrected chi connectivity index (χ1v) is 45.5. The van der Waals surface area contributed by atoms with Gasteiger partial charge in [-0.2, -0.15) is 0 Å². The third-order valence-electron chi connectivity index (χ3n) is 7.24. The zero-order valence-corrected chi connectivity index (χ0v) is 47.0. The molecule has 0 rings (SSSR count). The molecule has 21 heteroatoms. The lowest BCUT2D eigenvalue weighted by molar-refractivity contribution is 0.0602. The molecule has 0 aliphatic heterocycles. The van der Waals surface area contributed by atoms with Crippen LogP contribution in [0, 0.1) is 24.7 Å². The summed E-state index contributed by atoms with van der Waals surface area (Å²) in [6, 6.07) is 1.95. The largest absolute Gasteiger partial charge is 0.436 e. The Morgan fingerprint density at radius 2 is 0.527 bits per heavy atom. The summed E-state index contributed by atoms with van der Waals surface area (Å²) in [6.07, 6.45) is 12.3. The van der Waals surface area contributed by atoms with Crippen molar-refractivity contribution in [1.82, 2.24) is 0 Å². The van der Waals surface area contributed by atoms with Crippen LogP contribution >= 0.6 is 0 Å². The fourth-order valence-electron chi connectivity index (χ4n) is 7.03. The Balaban J connectivity index is 5.14. The highest BCUT2D eigenvalue weighted by Gasteiger charge is 2.50. The quantitative estimate of drug-likeness (QED) is 0.0366. The monoisotopic (exact) mass is 932 g/mol. The molecule has 0 fully saturated rings. The van der Waals surface area contributed by atoms with E-state index in [0.29, 0.717) is 52.9 Å². The van der Waals surface area contributed by atoms with Crippen LogP contribution in [0.3, 0.4) is 0 Å². The SMILES string of the molecule is C#CCOCCOCCC[Si](C)(C)O[Si](C)(C)O[Si](C)(C)O[Si](C)(C)O[Si](C)(C)O[Si](C)(C)O[Si](C)(C)O[Si](C)(C)O[Si](C)(C)CCCOCCOCC#C. The van der Waals surface area contributed by atoms with E-state index < -0.39 is 76.6 Å². The van der Waals surface area contributed by atoms with E-state index in [9.17, 15) is 0 Å². The minimum atomic E-state index is -2.71. The van der Waals surface area contributed by atoms with Crippen molar-refractivity contribution >= 4 is 76.6 Å². The molecule has 0 saturated carbocycles. The molecule has 0 aromatic heterocycles. The topological polar surface area (TPSA) is 111 Å². The van der Waals surface area contributed by atoms with Gasteiger partial charge in [-0.15, -0.1) is 12.8 Å². The van der Waals surface area contributed by atoms with Gasteiger partial charge in [-0.3, -0.25) is 0 Å². The minimum Gasteiger partial charge on any atom is -0.436 e. The third-order valence-corrected chi connectivity index (χ3v) is 42.3. The zero-order valence-electron chi connectivity index (χ0n) is 38.0. The number of ether oxygens (including phenoxy) is 4. The number of terminal acetylenes is 2. The summed E-state index contributed by atoms with van der Waals surface area (Å²) < 4.78 is 76.3. The van der Waals surface area contributed by atoms with Crippen molar-refractivity contribution in [2.45, 2.75) is 143 Å². The summed E-state index contributed by atoms with van der Waals surface area (Å²) in [6.45, 7) is 42.3. The van der Waals surface area contributed by atoms with Gasteiger partial charge < -0.3 is 51.9 Å². The van der Waals surface area contributed by atoms with Crippen molar-refractivity contribution in [3.8, 4) is 24.7 Å². The van der Waals surface area contributed by atoms with Crippen molar-refractivity contribution < 1.29 is 51.9 Å². The molecule has 0 spiro atoms. The fourth-order valence-corrected chi connectivity index (χ4v) is 52.7. The molecule has 12 nitrogen and oxygen atoms in total. The van der Waals surface area contributed by atoms with E-state index in [1.807, 2.05) is 0 Å². The van der Waals surface area contributed by atoms with E-state index in [2.05, 4.69) is 130 Å². The summed E-state index contributed by atoms with van der Waals surface area (Å²) >= 11 is 0. The standard InChI is InChI=1S/C34H80O12Si9/c1-21-25-35-29-31-37-27-23-33-47(3,4)39-49(7,8)41-51(11,12)43-53(15,16)45-55(19,20)46-54(17,18)44-52(13,14)42-50(9,10)40-48(5,6)34-24-28-38-32-30-36-26-22-2/h1-2H,23-34H2,3-20H3. The van der Waals surface area contributed by atoms with Gasteiger partial charge in [0.1, 0.15) is 13.2 Å². The second kappa shape index (κ2) is 24.1. The molecule has 0 saturated heterocycles. The molecule has 0 heterocycles. The lowest BCUT2D eigenvalue weighted by Crippen LogP contribution is -2.62. The van der Waals surface area contributed by atoms with Gasteiger partial charge >= 0.3 is 59.9 Å². The molecule has 0 bridgehead atoms. The average molecular weight is 934 g/mol. The Morgan fingerprint density at radius 1 is 0.309 bits per heavy atom. The predicted molar refractivity (Wildman–Crippen MR) is 246 cm³/mol. The molecule has 0 aromatic carbocycles. The Bertz CT molecular complexity index is 1100. The molecule has 0 aromatic rings. The van der Waals surface area contributed by atoms with Gasteiger partial charge in [-0.25, -0.2) is 0 Å². The van der Waals surface area contributed by atoms with Gasteiger partial charge in [-0.05, 0) is 143 Å². The number of rotatable bonds is 32. The second-order valence-corrected chi connectivity index (χ2v) is 52.2. The summed E-state index contributed by atoms with van der Waals surface area (Å²) in [4.78, 5) is 0. The van der Waals surface area contributed by atoms with Crippen LogP contribution in [-0.4, -0.2) is 129 Å². The first kappa shape index (κ1) is 55.6. The Kier molecular flexibility index (Phi) is 24.4. The van der Waals surface area contributed by atoms with Crippen LogP contribution in [-0.2, 0) is 51.9 Å². The summed E-state index contributed by atoms with van der Waals surface area (Å²) in [7, 11) is -22.4. The van der Waals surface area contributed by atoms with Gasteiger partial charge in [-0.1, -0.05) is 11.8 Å². The van der Waals surface area contributed by atoms with Crippen molar-refractivity contribution in [3.63, 3.8) is 0 Å². The van der Waals surface area contributed by atoms with Gasteiger partial charge in [0.25, 0.3) is 0 Å². The van der Waals surface area contributed by atoms with E-state index in [1.165, 1.54) is 0 Å². The van der Waals surface area contributed by atoms with E-state index >= 15 is 0 Å². The van der Waals surface area contributed by atoms with E-state index in [1.54, 1.807) is 0 Å². The van der Waals surface area contributed by atoms with Crippen LogP contribution < -0.4 is 0 Å². The van der Waals surface area contributed by atoms with Gasteiger partial charge in [0.15, 0.2) is 16.6 Å². The van der Waals surface area contributed by atoms with E-state index in [-0.39, 0.29) is 0 Å². The van der Waals surface area contributed by atoms with Crippen molar-refractivity contribution in [1.29, 1.82) is 0 Å². The summed E-state index contributed by atoms with van der Waals surface area (Å²) in [5, 5.41) is 0. The molecule has 55 heavy (non-hydrogen) atoms. The van der Waals surface area contributed by atoms with Crippen LogP contribution in [0.15, 0.2) is 0 Å². The fraction of sp³-hybridized carbons (Fsp3) is 0.882. The molecule has 0 unspecified atom stereocenters.